The zero-order chi connectivity index (χ0) is 11.5. The lowest BCUT2D eigenvalue weighted by Gasteiger charge is -2.29. The Morgan fingerprint density at radius 2 is 2.19 bits per heavy atom. The van der Waals surface area contributed by atoms with Crippen LogP contribution in [0, 0.1) is 5.92 Å². The molecule has 0 unspecified atom stereocenters. The molecule has 0 spiro atoms. The molecular formula is C11H15ClN2OS. The van der Waals surface area contributed by atoms with E-state index in [1.807, 2.05) is 6.07 Å². The molecule has 0 aliphatic carbocycles. The first-order valence-electron chi connectivity index (χ1n) is 5.41. The first-order chi connectivity index (χ1) is 7.65. The van der Waals surface area contributed by atoms with Gasteiger partial charge in [-0.25, -0.2) is 0 Å². The molecule has 2 N–H and O–H groups in total. The van der Waals surface area contributed by atoms with Crippen LogP contribution in [0.5, 0.6) is 0 Å². The second-order valence-corrected chi connectivity index (χ2v) is 5.96. The van der Waals surface area contributed by atoms with Gasteiger partial charge in [0.05, 0.1) is 4.34 Å². The van der Waals surface area contributed by atoms with E-state index < -0.39 is 0 Å². The van der Waals surface area contributed by atoms with Crippen molar-refractivity contribution in [2.24, 2.45) is 11.7 Å². The van der Waals surface area contributed by atoms with Gasteiger partial charge in [0.25, 0.3) is 0 Å². The van der Waals surface area contributed by atoms with Crippen LogP contribution in [0.25, 0.3) is 0 Å². The molecule has 88 valence electrons. The van der Waals surface area contributed by atoms with Crippen molar-refractivity contribution in [1.82, 2.24) is 4.90 Å². The van der Waals surface area contributed by atoms with Crippen molar-refractivity contribution < 1.29 is 4.79 Å². The largest absolute Gasteiger partial charge is 0.369 e. The molecule has 2 heterocycles. The Bertz CT molecular complexity index is 372. The predicted molar refractivity (Wildman–Crippen MR) is 66.5 cm³/mol. The molecule has 1 aliphatic heterocycles. The number of amides is 1. The monoisotopic (exact) mass is 258 g/mol. The molecular weight excluding hydrogens is 244 g/mol. The number of carbonyl (C=O) groups is 1. The Labute approximate surface area is 104 Å². The zero-order valence-corrected chi connectivity index (χ0v) is 10.6. The highest BCUT2D eigenvalue weighted by Gasteiger charge is 2.23. The Balaban J connectivity index is 1.83. The molecule has 0 radical (unpaired) electrons. The molecule has 1 aromatic rings. The van der Waals surface area contributed by atoms with Crippen molar-refractivity contribution in [1.29, 1.82) is 0 Å². The smallest absolute Gasteiger partial charge is 0.220 e. The van der Waals surface area contributed by atoms with Gasteiger partial charge < -0.3 is 5.73 Å². The van der Waals surface area contributed by atoms with Crippen molar-refractivity contribution in [3.05, 3.63) is 21.3 Å². The maximum absolute atomic E-state index is 11.0. The van der Waals surface area contributed by atoms with Gasteiger partial charge in [0, 0.05) is 17.3 Å². The van der Waals surface area contributed by atoms with Gasteiger partial charge in [-0.1, -0.05) is 11.6 Å². The first kappa shape index (κ1) is 11.9. The van der Waals surface area contributed by atoms with Crippen LogP contribution in [-0.4, -0.2) is 23.9 Å². The number of halogens is 1. The van der Waals surface area contributed by atoms with Gasteiger partial charge in [0.15, 0.2) is 0 Å². The number of thiophene rings is 1. The van der Waals surface area contributed by atoms with Crippen LogP contribution in [-0.2, 0) is 11.3 Å². The average molecular weight is 259 g/mol. The van der Waals surface area contributed by atoms with E-state index in [0.717, 1.165) is 36.8 Å². The van der Waals surface area contributed by atoms with Gasteiger partial charge in [-0.15, -0.1) is 11.3 Å². The first-order valence-corrected chi connectivity index (χ1v) is 6.60. The number of hydrogen-bond acceptors (Lipinski definition) is 3. The van der Waals surface area contributed by atoms with Crippen LogP contribution in [0.2, 0.25) is 4.34 Å². The number of nitrogens with two attached hydrogens (primary N) is 1. The zero-order valence-electron chi connectivity index (χ0n) is 8.99. The third-order valence-electron chi connectivity index (χ3n) is 3.00. The predicted octanol–water partition coefficient (Wildman–Crippen LogP) is 2.10. The second kappa shape index (κ2) is 5.17. The molecule has 1 fully saturated rings. The summed E-state index contributed by atoms with van der Waals surface area (Å²) in [6.07, 6.45) is 1.77. The van der Waals surface area contributed by atoms with Crippen LogP contribution in [0.15, 0.2) is 12.1 Å². The van der Waals surface area contributed by atoms with E-state index >= 15 is 0 Å². The van der Waals surface area contributed by atoms with Crippen molar-refractivity contribution >= 4 is 28.8 Å². The van der Waals surface area contributed by atoms with Crippen molar-refractivity contribution in [2.45, 2.75) is 19.4 Å². The molecule has 1 aromatic heterocycles. The Hall–Kier alpha value is -0.580. The van der Waals surface area contributed by atoms with Crippen molar-refractivity contribution in [3.63, 3.8) is 0 Å². The maximum Gasteiger partial charge on any atom is 0.220 e. The van der Waals surface area contributed by atoms with E-state index in [0.29, 0.717) is 0 Å². The summed E-state index contributed by atoms with van der Waals surface area (Å²) in [5, 5.41) is 0. The quantitative estimate of drug-likeness (QED) is 0.903. The molecule has 0 aromatic carbocycles. The highest BCUT2D eigenvalue weighted by molar-refractivity contribution is 7.16. The molecule has 0 saturated carbocycles. The van der Waals surface area contributed by atoms with E-state index in [4.69, 9.17) is 17.3 Å². The molecule has 3 nitrogen and oxygen atoms in total. The normalized spacial score (nSPS) is 18.8. The average Bonchev–Trinajstić information content (AvgIpc) is 2.65. The number of likely N-dealkylation sites (tertiary alicyclic amines) is 1. The molecule has 2 rings (SSSR count). The topological polar surface area (TPSA) is 46.3 Å². The van der Waals surface area contributed by atoms with Gasteiger partial charge in [-0.2, -0.15) is 0 Å². The summed E-state index contributed by atoms with van der Waals surface area (Å²) in [7, 11) is 0. The minimum Gasteiger partial charge on any atom is -0.369 e. The highest BCUT2D eigenvalue weighted by atomic mass is 35.5. The van der Waals surface area contributed by atoms with Crippen molar-refractivity contribution in [3.8, 4) is 0 Å². The number of carbonyl (C=O) groups excluding carboxylic acids is 1. The fourth-order valence-electron chi connectivity index (χ4n) is 2.03. The number of nitrogens with zero attached hydrogens (tertiary/aromatic N) is 1. The Morgan fingerprint density at radius 3 is 2.69 bits per heavy atom. The van der Waals surface area contributed by atoms with E-state index in [2.05, 4.69) is 11.0 Å². The molecule has 16 heavy (non-hydrogen) atoms. The van der Waals surface area contributed by atoms with Crippen LogP contribution in [0.3, 0.4) is 0 Å². The number of hydrogen-bond donors (Lipinski definition) is 1. The highest BCUT2D eigenvalue weighted by Crippen LogP contribution is 2.24. The third kappa shape index (κ3) is 2.97. The van der Waals surface area contributed by atoms with E-state index in [9.17, 15) is 4.79 Å². The fourth-order valence-corrected chi connectivity index (χ4v) is 3.16. The lowest BCUT2D eigenvalue weighted by molar-refractivity contribution is -0.123. The molecule has 0 atom stereocenters. The van der Waals surface area contributed by atoms with Crippen LogP contribution in [0.4, 0.5) is 0 Å². The van der Waals surface area contributed by atoms with Crippen LogP contribution >= 0.6 is 22.9 Å². The van der Waals surface area contributed by atoms with Gasteiger partial charge in [0.2, 0.25) is 5.91 Å². The molecule has 1 amide bonds. The van der Waals surface area contributed by atoms with Crippen LogP contribution in [0.1, 0.15) is 17.7 Å². The van der Waals surface area contributed by atoms with Gasteiger partial charge in [-0.05, 0) is 38.1 Å². The molecule has 1 saturated heterocycles. The summed E-state index contributed by atoms with van der Waals surface area (Å²) in [6.45, 7) is 2.83. The van der Waals surface area contributed by atoms with Gasteiger partial charge in [0.1, 0.15) is 0 Å². The van der Waals surface area contributed by atoms with Crippen LogP contribution < -0.4 is 5.73 Å². The SMILES string of the molecule is NC(=O)C1CCN(Cc2ccc(Cl)s2)CC1. The molecule has 1 aliphatic rings. The lowest BCUT2D eigenvalue weighted by Crippen LogP contribution is -2.37. The van der Waals surface area contributed by atoms with Crippen molar-refractivity contribution in [2.75, 3.05) is 13.1 Å². The molecule has 5 heteroatoms. The number of piperidine rings is 1. The lowest BCUT2D eigenvalue weighted by atomic mass is 9.96. The maximum atomic E-state index is 11.0. The second-order valence-electron chi connectivity index (χ2n) is 4.16. The molecule has 0 bridgehead atoms. The summed E-state index contributed by atoms with van der Waals surface area (Å²) in [5.74, 6) is -0.0815. The summed E-state index contributed by atoms with van der Waals surface area (Å²) in [6, 6.07) is 3.99. The standard InChI is InChI=1S/C11H15ClN2OS/c12-10-2-1-9(16-10)7-14-5-3-8(4-6-14)11(13)15/h1-2,8H,3-7H2,(H2,13,15). The Morgan fingerprint density at radius 1 is 1.50 bits per heavy atom. The number of primary amides is 1. The van der Waals surface area contributed by atoms with E-state index in [-0.39, 0.29) is 11.8 Å². The van der Waals surface area contributed by atoms with Gasteiger partial charge in [-0.3, -0.25) is 9.69 Å². The summed E-state index contributed by atoms with van der Waals surface area (Å²) in [5.41, 5.74) is 5.30. The minimum atomic E-state index is -0.154. The fraction of sp³-hybridized carbons (Fsp3) is 0.545. The minimum absolute atomic E-state index is 0.0724. The van der Waals surface area contributed by atoms with E-state index in [1.54, 1.807) is 11.3 Å². The Kier molecular flexibility index (Phi) is 3.84. The third-order valence-corrected chi connectivity index (χ3v) is 4.21. The summed E-state index contributed by atoms with van der Waals surface area (Å²) in [4.78, 5) is 14.6. The van der Waals surface area contributed by atoms with Gasteiger partial charge >= 0.3 is 0 Å². The summed E-state index contributed by atoms with van der Waals surface area (Å²) < 4.78 is 0.835. The summed E-state index contributed by atoms with van der Waals surface area (Å²) >= 11 is 7.50. The number of rotatable bonds is 3. The van der Waals surface area contributed by atoms with E-state index in [1.165, 1.54) is 4.88 Å².